The fourth-order valence-electron chi connectivity index (χ4n) is 3.33. The van der Waals surface area contributed by atoms with Gasteiger partial charge in [0.25, 0.3) is 0 Å². The van der Waals surface area contributed by atoms with Gasteiger partial charge in [0.2, 0.25) is 0 Å². The number of fused-ring (bicyclic) bond motifs is 1. The van der Waals surface area contributed by atoms with E-state index in [9.17, 15) is 9.90 Å². The molecule has 0 saturated carbocycles. The van der Waals surface area contributed by atoms with Crippen LogP contribution in [0.25, 0.3) is 0 Å². The van der Waals surface area contributed by atoms with Gasteiger partial charge in [0.15, 0.2) is 0 Å². The number of carboxylic acids is 1. The lowest BCUT2D eigenvalue weighted by Crippen LogP contribution is -2.49. The van der Waals surface area contributed by atoms with E-state index in [1.165, 1.54) is 11.1 Å². The summed E-state index contributed by atoms with van der Waals surface area (Å²) in [5.74, 6) is -0.712. The molecule has 0 radical (unpaired) electrons. The maximum absolute atomic E-state index is 11.7. The molecule has 1 atom stereocenters. The van der Waals surface area contributed by atoms with Gasteiger partial charge < -0.3 is 9.84 Å². The van der Waals surface area contributed by atoms with Crippen LogP contribution in [-0.2, 0) is 22.5 Å². The number of hydrogen-bond donors (Lipinski definition) is 1. The quantitative estimate of drug-likeness (QED) is 0.915. The minimum atomic E-state index is -0.718. The number of rotatable bonds is 3. The van der Waals surface area contributed by atoms with E-state index in [0.717, 1.165) is 32.4 Å². The van der Waals surface area contributed by atoms with E-state index in [4.69, 9.17) is 4.74 Å². The molecule has 0 aromatic heterocycles. The van der Waals surface area contributed by atoms with Crippen molar-refractivity contribution in [3.8, 4) is 0 Å². The van der Waals surface area contributed by atoms with E-state index >= 15 is 0 Å². The van der Waals surface area contributed by atoms with Crippen LogP contribution in [-0.4, -0.2) is 42.3 Å². The predicted molar refractivity (Wildman–Crippen MR) is 75.5 cm³/mol. The molecule has 0 spiro atoms. The van der Waals surface area contributed by atoms with Gasteiger partial charge in [-0.25, -0.2) is 0 Å². The maximum Gasteiger partial charge on any atom is 0.313 e. The zero-order valence-electron chi connectivity index (χ0n) is 11.7. The van der Waals surface area contributed by atoms with Gasteiger partial charge in [-0.3, -0.25) is 9.69 Å². The first-order chi connectivity index (χ1) is 9.70. The molecule has 1 unspecified atom stereocenters. The first kappa shape index (κ1) is 13.6. The third-order valence-corrected chi connectivity index (χ3v) is 4.51. The first-order valence-electron chi connectivity index (χ1n) is 7.30. The highest BCUT2D eigenvalue weighted by Gasteiger charge is 2.42. The molecular weight excluding hydrogens is 254 g/mol. The second kappa shape index (κ2) is 5.54. The molecule has 3 rings (SSSR count). The van der Waals surface area contributed by atoms with E-state index in [2.05, 4.69) is 29.2 Å². The summed E-state index contributed by atoms with van der Waals surface area (Å²) >= 11 is 0. The lowest BCUT2D eigenvalue weighted by atomic mass is 9.81. The van der Waals surface area contributed by atoms with Crippen LogP contribution in [0.4, 0.5) is 0 Å². The van der Waals surface area contributed by atoms with Crippen LogP contribution < -0.4 is 0 Å². The Balaban J connectivity index is 1.73. The SMILES string of the molecule is O=C(O)C1(CN2CCc3ccccc3C2)CCCOC1. The molecule has 2 aliphatic rings. The molecule has 2 aliphatic heterocycles. The molecule has 1 N–H and O–H groups in total. The predicted octanol–water partition coefficient (Wildman–Crippen LogP) is 1.93. The highest BCUT2D eigenvalue weighted by atomic mass is 16.5. The van der Waals surface area contributed by atoms with Gasteiger partial charge in [0.1, 0.15) is 5.41 Å². The van der Waals surface area contributed by atoms with Gasteiger partial charge >= 0.3 is 5.97 Å². The summed E-state index contributed by atoms with van der Waals surface area (Å²) in [5, 5.41) is 9.61. The second-order valence-electron chi connectivity index (χ2n) is 5.97. The summed E-state index contributed by atoms with van der Waals surface area (Å²) in [4.78, 5) is 14.0. The third kappa shape index (κ3) is 2.58. The molecule has 1 saturated heterocycles. The molecule has 1 aromatic rings. The summed E-state index contributed by atoms with van der Waals surface area (Å²) in [6, 6.07) is 8.44. The van der Waals surface area contributed by atoms with E-state index in [1.54, 1.807) is 0 Å². The second-order valence-corrected chi connectivity index (χ2v) is 5.97. The average molecular weight is 275 g/mol. The zero-order chi connectivity index (χ0) is 14.0. The largest absolute Gasteiger partial charge is 0.481 e. The van der Waals surface area contributed by atoms with Crippen LogP contribution in [0.3, 0.4) is 0 Å². The third-order valence-electron chi connectivity index (χ3n) is 4.51. The minimum absolute atomic E-state index is 0.348. The molecule has 1 fully saturated rings. The normalized spacial score (nSPS) is 27.0. The van der Waals surface area contributed by atoms with Crippen molar-refractivity contribution in [1.82, 2.24) is 4.90 Å². The van der Waals surface area contributed by atoms with Crippen LogP contribution in [0.1, 0.15) is 24.0 Å². The van der Waals surface area contributed by atoms with E-state index in [1.807, 2.05) is 0 Å². The standard InChI is InChI=1S/C16H21NO3/c18-15(19)16(7-3-9-20-12-16)11-17-8-6-13-4-1-2-5-14(13)10-17/h1-2,4-5H,3,6-12H2,(H,18,19). The van der Waals surface area contributed by atoms with Crippen LogP contribution in [0.5, 0.6) is 0 Å². The van der Waals surface area contributed by atoms with E-state index in [0.29, 0.717) is 19.8 Å². The molecule has 20 heavy (non-hydrogen) atoms. The smallest absolute Gasteiger partial charge is 0.313 e. The lowest BCUT2D eigenvalue weighted by Gasteiger charge is -2.39. The average Bonchev–Trinajstić information content (AvgIpc) is 2.48. The number of ether oxygens (including phenoxy) is 1. The summed E-state index contributed by atoms with van der Waals surface area (Å²) in [5.41, 5.74) is 2.01. The van der Waals surface area contributed by atoms with E-state index in [-0.39, 0.29) is 0 Å². The molecule has 1 aromatic carbocycles. The minimum Gasteiger partial charge on any atom is -0.481 e. The number of hydrogen-bond acceptors (Lipinski definition) is 3. The van der Waals surface area contributed by atoms with Gasteiger partial charge in [0, 0.05) is 26.2 Å². The molecule has 4 heteroatoms. The number of carboxylic acid groups (broad SMARTS) is 1. The Kier molecular flexibility index (Phi) is 3.76. The monoisotopic (exact) mass is 275 g/mol. The lowest BCUT2D eigenvalue weighted by molar-refractivity contribution is -0.159. The Morgan fingerprint density at radius 2 is 2.15 bits per heavy atom. The molecule has 0 bridgehead atoms. The molecular formula is C16H21NO3. The van der Waals surface area contributed by atoms with Crippen LogP contribution >= 0.6 is 0 Å². The highest BCUT2D eigenvalue weighted by molar-refractivity contribution is 5.75. The number of carbonyl (C=O) groups is 1. The van der Waals surface area contributed by atoms with Gasteiger partial charge in [0.05, 0.1) is 6.61 Å². The van der Waals surface area contributed by atoms with E-state index < -0.39 is 11.4 Å². The van der Waals surface area contributed by atoms with Crippen molar-refractivity contribution in [3.63, 3.8) is 0 Å². The summed E-state index contributed by atoms with van der Waals surface area (Å²) in [6.45, 7) is 3.42. The summed E-state index contributed by atoms with van der Waals surface area (Å²) in [6.07, 6.45) is 2.57. The topological polar surface area (TPSA) is 49.8 Å². The molecule has 108 valence electrons. The molecule has 4 nitrogen and oxygen atoms in total. The van der Waals surface area contributed by atoms with Crippen LogP contribution in [0, 0.1) is 5.41 Å². The molecule has 2 heterocycles. The van der Waals surface area contributed by atoms with Crippen molar-refractivity contribution in [3.05, 3.63) is 35.4 Å². The van der Waals surface area contributed by atoms with Crippen LogP contribution in [0.15, 0.2) is 24.3 Å². The van der Waals surface area contributed by atoms with Crippen molar-refractivity contribution in [2.24, 2.45) is 5.41 Å². The fourth-order valence-corrected chi connectivity index (χ4v) is 3.33. The highest BCUT2D eigenvalue weighted by Crippen LogP contribution is 2.32. The Hall–Kier alpha value is -1.39. The number of benzene rings is 1. The molecule has 0 aliphatic carbocycles. The zero-order valence-corrected chi connectivity index (χ0v) is 11.7. The van der Waals surface area contributed by atoms with Crippen molar-refractivity contribution in [1.29, 1.82) is 0 Å². The van der Waals surface area contributed by atoms with Crippen molar-refractivity contribution in [2.45, 2.75) is 25.8 Å². The van der Waals surface area contributed by atoms with Crippen molar-refractivity contribution < 1.29 is 14.6 Å². The van der Waals surface area contributed by atoms with Gasteiger partial charge in [-0.2, -0.15) is 0 Å². The Morgan fingerprint density at radius 3 is 2.85 bits per heavy atom. The maximum atomic E-state index is 11.7. The first-order valence-corrected chi connectivity index (χ1v) is 7.30. The van der Waals surface area contributed by atoms with Gasteiger partial charge in [-0.15, -0.1) is 0 Å². The fraction of sp³-hybridized carbons (Fsp3) is 0.562. The van der Waals surface area contributed by atoms with Gasteiger partial charge in [-0.05, 0) is 30.4 Å². The summed E-state index contributed by atoms with van der Waals surface area (Å²) < 4.78 is 5.45. The Labute approximate surface area is 119 Å². The number of aliphatic carboxylic acids is 1. The van der Waals surface area contributed by atoms with Gasteiger partial charge in [-0.1, -0.05) is 24.3 Å². The van der Waals surface area contributed by atoms with Crippen LogP contribution in [0.2, 0.25) is 0 Å². The molecule has 0 amide bonds. The Bertz CT molecular complexity index is 494. The van der Waals surface area contributed by atoms with Crippen molar-refractivity contribution >= 4 is 5.97 Å². The van der Waals surface area contributed by atoms with Crippen molar-refractivity contribution in [2.75, 3.05) is 26.3 Å². The Morgan fingerprint density at radius 1 is 1.35 bits per heavy atom. The summed E-state index contributed by atoms with van der Waals surface area (Å²) in [7, 11) is 0. The number of nitrogens with zero attached hydrogens (tertiary/aromatic N) is 1.